The number of nitrogens with zero attached hydrogens (tertiary/aromatic N) is 1. The summed E-state index contributed by atoms with van der Waals surface area (Å²) in [5.41, 5.74) is 1.11. The predicted octanol–water partition coefficient (Wildman–Crippen LogP) is 3.61. The Labute approximate surface area is 133 Å². The Kier molecular flexibility index (Phi) is 4.17. The maximum absolute atomic E-state index is 12.5. The van der Waals surface area contributed by atoms with Gasteiger partial charge in [-0.1, -0.05) is 29.8 Å². The number of rotatable bonds is 3. The molecule has 0 N–H and O–H groups in total. The van der Waals surface area contributed by atoms with Crippen molar-refractivity contribution in [3.05, 3.63) is 51.2 Å². The van der Waals surface area contributed by atoms with Gasteiger partial charge in [0, 0.05) is 11.9 Å². The average molecular weight is 322 g/mol. The molecule has 110 valence electrons. The zero-order valence-corrected chi connectivity index (χ0v) is 13.3. The van der Waals surface area contributed by atoms with Crippen molar-refractivity contribution >= 4 is 28.8 Å². The molecule has 0 fully saturated rings. The van der Waals surface area contributed by atoms with Crippen molar-refractivity contribution in [2.75, 3.05) is 13.7 Å². The third-order valence-corrected chi connectivity index (χ3v) is 4.84. The van der Waals surface area contributed by atoms with E-state index in [1.807, 2.05) is 43.4 Å². The number of fused-ring (bicyclic) bond motifs is 1. The Morgan fingerprint density at radius 3 is 2.95 bits per heavy atom. The summed E-state index contributed by atoms with van der Waals surface area (Å²) in [5, 5.41) is 0. The molecule has 2 heterocycles. The highest BCUT2D eigenvalue weighted by atomic mass is 35.5. The zero-order chi connectivity index (χ0) is 14.8. The standard InChI is InChI=1S/C16H16ClNO2S/c1-18(9-13-6-7-15(17)21-13)16(19)12-8-11-4-2-3-5-14(11)20-10-12/h2-7,12H,8-10H2,1H3. The van der Waals surface area contributed by atoms with Crippen LogP contribution in [0.5, 0.6) is 5.75 Å². The van der Waals surface area contributed by atoms with E-state index < -0.39 is 0 Å². The van der Waals surface area contributed by atoms with E-state index >= 15 is 0 Å². The quantitative estimate of drug-likeness (QED) is 0.864. The number of para-hydroxylation sites is 1. The zero-order valence-electron chi connectivity index (χ0n) is 11.7. The van der Waals surface area contributed by atoms with Crippen LogP contribution in [0.4, 0.5) is 0 Å². The fourth-order valence-electron chi connectivity index (χ4n) is 2.55. The smallest absolute Gasteiger partial charge is 0.229 e. The highest BCUT2D eigenvalue weighted by Crippen LogP contribution is 2.28. The van der Waals surface area contributed by atoms with E-state index in [1.54, 1.807) is 4.90 Å². The van der Waals surface area contributed by atoms with Crippen molar-refractivity contribution in [1.82, 2.24) is 4.90 Å². The summed E-state index contributed by atoms with van der Waals surface area (Å²) in [6, 6.07) is 11.7. The normalized spacial score (nSPS) is 17.0. The summed E-state index contributed by atoms with van der Waals surface area (Å²) in [6.45, 7) is 1.04. The van der Waals surface area contributed by atoms with Crippen molar-refractivity contribution in [3.63, 3.8) is 0 Å². The van der Waals surface area contributed by atoms with E-state index in [-0.39, 0.29) is 11.8 Å². The van der Waals surface area contributed by atoms with Crippen molar-refractivity contribution in [3.8, 4) is 5.75 Å². The van der Waals surface area contributed by atoms with E-state index in [9.17, 15) is 4.79 Å². The SMILES string of the molecule is CN(Cc1ccc(Cl)s1)C(=O)C1COc2ccccc2C1. The van der Waals surface area contributed by atoms with Crippen molar-refractivity contribution in [2.24, 2.45) is 5.92 Å². The minimum Gasteiger partial charge on any atom is -0.492 e. The Morgan fingerprint density at radius 2 is 2.19 bits per heavy atom. The number of benzene rings is 1. The molecule has 0 saturated carbocycles. The Bertz CT molecular complexity index is 655. The van der Waals surface area contributed by atoms with E-state index in [0.717, 1.165) is 26.9 Å². The van der Waals surface area contributed by atoms with Crippen LogP contribution in [0, 0.1) is 5.92 Å². The number of thiophene rings is 1. The third-order valence-electron chi connectivity index (χ3n) is 3.63. The molecule has 1 aliphatic rings. The molecule has 1 unspecified atom stereocenters. The van der Waals surface area contributed by atoms with Gasteiger partial charge in [-0.2, -0.15) is 0 Å². The lowest BCUT2D eigenvalue weighted by molar-refractivity contribution is -0.136. The van der Waals surface area contributed by atoms with Crippen LogP contribution in [0.25, 0.3) is 0 Å². The van der Waals surface area contributed by atoms with Gasteiger partial charge in [0.2, 0.25) is 5.91 Å². The molecule has 0 bridgehead atoms. The van der Waals surface area contributed by atoms with Gasteiger partial charge in [0.25, 0.3) is 0 Å². The Hall–Kier alpha value is -1.52. The van der Waals surface area contributed by atoms with Gasteiger partial charge in [0.05, 0.1) is 16.8 Å². The largest absolute Gasteiger partial charge is 0.492 e. The van der Waals surface area contributed by atoms with Crippen molar-refractivity contribution < 1.29 is 9.53 Å². The number of halogens is 1. The van der Waals surface area contributed by atoms with Gasteiger partial charge in [-0.05, 0) is 30.2 Å². The van der Waals surface area contributed by atoms with Gasteiger partial charge in [-0.25, -0.2) is 0 Å². The molecule has 5 heteroatoms. The minimum absolute atomic E-state index is 0.111. The Morgan fingerprint density at radius 1 is 1.38 bits per heavy atom. The lowest BCUT2D eigenvalue weighted by Gasteiger charge is -2.28. The molecule has 3 rings (SSSR count). The number of carbonyl (C=O) groups is 1. The van der Waals surface area contributed by atoms with Crippen LogP contribution in [0.3, 0.4) is 0 Å². The van der Waals surface area contributed by atoms with Crippen LogP contribution in [0.2, 0.25) is 4.34 Å². The van der Waals surface area contributed by atoms with Gasteiger partial charge in [-0.3, -0.25) is 4.79 Å². The summed E-state index contributed by atoms with van der Waals surface area (Å²) in [4.78, 5) is 15.4. The number of ether oxygens (including phenoxy) is 1. The average Bonchev–Trinajstić information content (AvgIpc) is 2.91. The van der Waals surface area contributed by atoms with Gasteiger partial charge < -0.3 is 9.64 Å². The van der Waals surface area contributed by atoms with Crippen molar-refractivity contribution in [2.45, 2.75) is 13.0 Å². The van der Waals surface area contributed by atoms with E-state index in [0.29, 0.717) is 13.2 Å². The first-order chi connectivity index (χ1) is 10.1. The molecular weight excluding hydrogens is 306 g/mol. The summed E-state index contributed by atoms with van der Waals surface area (Å²) in [5.74, 6) is 0.906. The fraction of sp³-hybridized carbons (Fsp3) is 0.312. The van der Waals surface area contributed by atoms with Crippen LogP contribution in [0.15, 0.2) is 36.4 Å². The second kappa shape index (κ2) is 6.08. The van der Waals surface area contributed by atoms with Gasteiger partial charge in [-0.15, -0.1) is 11.3 Å². The summed E-state index contributed by atoms with van der Waals surface area (Å²) < 4.78 is 6.45. The van der Waals surface area contributed by atoms with E-state index in [2.05, 4.69) is 0 Å². The molecule has 1 aliphatic heterocycles. The van der Waals surface area contributed by atoms with Crippen LogP contribution in [0.1, 0.15) is 10.4 Å². The topological polar surface area (TPSA) is 29.5 Å². The fourth-order valence-corrected chi connectivity index (χ4v) is 3.69. The predicted molar refractivity (Wildman–Crippen MR) is 84.9 cm³/mol. The molecule has 0 spiro atoms. The first-order valence-corrected chi connectivity index (χ1v) is 8.03. The Balaban J connectivity index is 1.66. The molecule has 0 radical (unpaired) electrons. The van der Waals surface area contributed by atoms with Gasteiger partial charge in [0.1, 0.15) is 12.4 Å². The lowest BCUT2D eigenvalue weighted by atomic mass is 9.95. The molecule has 0 saturated heterocycles. The molecule has 3 nitrogen and oxygen atoms in total. The van der Waals surface area contributed by atoms with E-state index in [1.165, 1.54) is 11.3 Å². The molecule has 2 aromatic rings. The molecule has 21 heavy (non-hydrogen) atoms. The minimum atomic E-state index is -0.111. The molecule has 1 amide bonds. The van der Waals surface area contributed by atoms with Crippen LogP contribution in [-0.2, 0) is 17.8 Å². The summed E-state index contributed by atoms with van der Waals surface area (Å²) in [7, 11) is 1.83. The monoisotopic (exact) mass is 321 g/mol. The summed E-state index contributed by atoms with van der Waals surface area (Å²) in [6.07, 6.45) is 0.741. The van der Waals surface area contributed by atoms with Crippen molar-refractivity contribution in [1.29, 1.82) is 0 Å². The number of hydrogen-bond acceptors (Lipinski definition) is 3. The second-order valence-corrected chi connectivity index (χ2v) is 7.02. The maximum atomic E-state index is 12.5. The molecule has 1 atom stereocenters. The van der Waals surface area contributed by atoms with Crippen LogP contribution in [-0.4, -0.2) is 24.5 Å². The number of carbonyl (C=O) groups excluding carboxylic acids is 1. The second-order valence-electron chi connectivity index (χ2n) is 5.22. The van der Waals surface area contributed by atoms with Gasteiger partial charge >= 0.3 is 0 Å². The van der Waals surface area contributed by atoms with Gasteiger partial charge in [0.15, 0.2) is 0 Å². The molecule has 1 aromatic carbocycles. The lowest BCUT2D eigenvalue weighted by Crippen LogP contribution is -2.38. The van der Waals surface area contributed by atoms with Crippen LogP contribution >= 0.6 is 22.9 Å². The molecular formula is C16H16ClNO2S. The highest BCUT2D eigenvalue weighted by Gasteiger charge is 2.28. The molecule has 0 aliphatic carbocycles. The third kappa shape index (κ3) is 3.22. The first-order valence-electron chi connectivity index (χ1n) is 6.83. The number of amides is 1. The first kappa shape index (κ1) is 14.4. The maximum Gasteiger partial charge on any atom is 0.229 e. The highest BCUT2D eigenvalue weighted by molar-refractivity contribution is 7.16. The molecule has 1 aromatic heterocycles. The van der Waals surface area contributed by atoms with Crippen LogP contribution < -0.4 is 4.74 Å². The van der Waals surface area contributed by atoms with E-state index in [4.69, 9.17) is 16.3 Å². The number of hydrogen-bond donors (Lipinski definition) is 0. The summed E-state index contributed by atoms with van der Waals surface area (Å²) >= 11 is 7.43.